The number of nitrogens with zero attached hydrogens (tertiary/aromatic N) is 2. The number of carbonyl (C=O) groups excluding carboxylic acids is 1. The van der Waals surface area contributed by atoms with Gasteiger partial charge < -0.3 is 19.6 Å². The highest BCUT2D eigenvalue weighted by atomic mass is 35.5. The van der Waals surface area contributed by atoms with Crippen molar-refractivity contribution in [1.82, 2.24) is 19.9 Å². The third kappa shape index (κ3) is 3.17. The fraction of sp³-hybridized carbons (Fsp3) is 0.190. The fourth-order valence-corrected chi connectivity index (χ4v) is 4.15. The zero-order valence-corrected chi connectivity index (χ0v) is 16.9. The van der Waals surface area contributed by atoms with Gasteiger partial charge in [-0.2, -0.15) is 0 Å². The van der Waals surface area contributed by atoms with Gasteiger partial charge in [-0.15, -0.1) is 0 Å². The van der Waals surface area contributed by atoms with E-state index < -0.39 is 23.2 Å². The van der Waals surface area contributed by atoms with Crippen molar-refractivity contribution in [3.05, 3.63) is 74.4 Å². The summed E-state index contributed by atoms with van der Waals surface area (Å²) in [5, 5.41) is 1.38. The summed E-state index contributed by atoms with van der Waals surface area (Å²) in [7, 11) is 1.58. The van der Waals surface area contributed by atoms with Crippen molar-refractivity contribution in [2.75, 3.05) is 13.7 Å². The number of hydrogen-bond donors (Lipinski definition) is 2. The van der Waals surface area contributed by atoms with Gasteiger partial charge in [0.15, 0.2) is 11.6 Å². The number of amides is 1. The molecule has 1 amide bonds. The molecule has 0 aliphatic carbocycles. The number of carbonyl (C=O) groups is 1. The largest absolute Gasteiger partial charge is 0.373 e. The van der Waals surface area contributed by atoms with Crippen LogP contribution in [0.4, 0.5) is 8.78 Å². The van der Waals surface area contributed by atoms with Gasteiger partial charge in [0, 0.05) is 29.9 Å². The summed E-state index contributed by atoms with van der Waals surface area (Å²) in [5.74, 6) is -2.55. The standard InChI is InChI=1S/C21H15ClF2N4O3/c1-28(21(30)15-3-9-2-10(22)6-25-19(9)26-15)17-8-31-7-16-18(17)11-4-13(23)14(24)5-12(11)20(29)27-16/h2-6,17H,7-8H2,1H3,(H,25,26)(H,27,29)/t17-/m1/s1. The molecule has 10 heteroatoms. The number of hydrogen-bond acceptors (Lipinski definition) is 4. The third-order valence-electron chi connectivity index (χ3n) is 5.50. The summed E-state index contributed by atoms with van der Waals surface area (Å²) >= 11 is 5.97. The van der Waals surface area contributed by atoms with Crippen LogP contribution in [0.5, 0.6) is 0 Å². The van der Waals surface area contributed by atoms with E-state index in [1.165, 1.54) is 11.1 Å². The number of benzene rings is 1. The van der Waals surface area contributed by atoms with Crippen molar-refractivity contribution in [3.8, 4) is 0 Å². The van der Waals surface area contributed by atoms with Crippen molar-refractivity contribution in [3.63, 3.8) is 0 Å². The van der Waals surface area contributed by atoms with Gasteiger partial charge in [-0.3, -0.25) is 9.59 Å². The lowest BCUT2D eigenvalue weighted by atomic mass is 9.95. The molecule has 0 unspecified atom stereocenters. The number of H-pyrrole nitrogens is 2. The van der Waals surface area contributed by atoms with Crippen molar-refractivity contribution >= 4 is 39.3 Å². The molecule has 0 radical (unpaired) electrons. The van der Waals surface area contributed by atoms with Gasteiger partial charge in [-0.1, -0.05) is 11.6 Å². The number of pyridine rings is 2. The smallest absolute Gasteiger partial charge is 0.270 e. The molecule has 0 bridgehead atoms. The van der Waals surface area contributed by atoms with E-state index in [1.54, 1.807) is 19.2 Å². The Balaban J connectivity index is 1.61. The predicted octanol–water partition coefficient (Wildman–Crippen LogP) is 3.68. The quantitative estimate of drug-likeness (QED) is 0.493. The molecular formula is C21H15ClF2N4O3. The molecule has 0 fully saturated rings. The van der Waals surface area contributed by atoms with Crippen molar-refractivity contribution < 1.29 is 18.3 Å². The average molecular weight is 445 g/mol. The molecule has 5 rings (SSSR count). The van der Waals surface area contributed by atoms with Gasteiger partial charge >= 0.3 is 0 Å². The predicted molar refractivity (Wildman–Crippen MR) is 110 cm³/mol. The molecule has 0 spiro atoms. The lowest BCUT2D eigenvalue weighted by molar-refractivity contribution is 0.0333. The van der Waals surface area contributed by atoms with Gasteiger partial charge in [0.1, 0.15) is 11.3 Å². The first-order valence-electron chi connectivity index (χ1n) is 9.36. The number of ether oxygens (including phenoxy) is 1. The number of halogens is 3. The van der Waals surface area contributed by atoms with E-state index in [9.17, 15) is 18.4 Å². The summed E-state index contributed by atoms with van der Waals surface area (Å²) < 4.78 is 33.4. The van der Waals surface area contributed by atoms with E-state index in [1.807, 2.05) is 0 Å². The summed E-state index contributed by atoms with van der Waals surface area (Å²) in [6.07, 6.45) is 1.47. The Morgan fingerprint density at radius 3 is 2.71 bits per heavy atom. The van der Waals surface area contributed by atoms with Crippen LogP contribution in [-0.4, -0.2) is 39.4 Å². The normalized spacial score (nSPS) is 15.9. The highest BCUT2D eigenvalue weighted by molar-refractivity contribution is 6.31. The Hall–Kier alpha value is -3.30. The monoisotopic (exact) mass is 444 g/mol. The molecule has 1 aliphatic rings. The van der Waals surface area contributed by atoms with E-state index in [0.717, 1.165) is 12.1 Å². The van der Waals surface area contributed by atoms with Crippen LogP contribution in [0.15, 0.2) is 35.3 Å². The molecule has 2 N–H and O–H groups in total. The highest BCUT2D eigenvalue weighted by Crippen LogP contribution is 2.34. The molecular weight excluding hydrogens is 430 g/mol. The lowest BCUT2D eigenvalue weighted by Gasteiger charge is -2.33. The fourth-order valence-electron chi connectivity index (χ4n) is 3.98. The van der Waals surface area contributed by atoms with E-state index in [4.69, 9.17) is 16.3 Å². The molecule has 1 atom stereocenters. The number of rotatable bonds is 2. The van der Waals surface area contributed by atoms with Gasteiger partial charge in [-0.05, 0) is 29.7 Å². The highest BCUT2D eigenvalue weighted by Gasteiger charge is 2.32. The molecule has 4 aromatic rings. The maximum atomic E-state index is 14.0. The maximum Gasteiger partial charge on any atom is 0.270 e. The van der Waals surface area contributed by atoms with Crippen LogP contribution < -0.4 is 5.56 Å². The van der Waals surface area contributed by atoms with Crippen LogP contribution in [-0.2, 0) is 11.3 Å². The Kier molecular flexibility index (Phi) is 4.53. The molecule has 0 saturated carbocycles. The zero-order valence-electron chi connectivity index (χ0n) is 16.1. The van der Waals surface area contributed by atoms with Crippen LogP contribution >= 0.6 is 11.6 Å². The Morgan fingerprint density at radius 2 is 1.94 bits per heavy atom. The summed E-state index contributed by atoms with van der Waals surface area (Å²) in [6, 6.07) is 4.54. The van der Waals surface area contributed by atoms with Crippen molar-refractivity contribution in [1.29, 1.82) is 0 Å². The zero-order chi connectivity index (χ0) is 21.9. The van der Waals surface area contributed by atoms with E-state index in [0.29, 0.717) is 27.3 Å². The Bertz CT molecular complexity index is 1430. The van der Waals surface area contributed by atoms with E-state index in [-0.39, 0.29) is 35.6 Å². The first kappa shape index (κ1) is 19.7. The second-order valence-corrected chi connectivity index (χ2v) is 7.82. The minimum Gasteiger partial charge on any atom is -0.373 e. The van der Waals surface area contributed by atoms with Gasteiger partial charge in [0.2, 0.25) is 0 Å². The minimum absolute atomic E-state index is 0.00912. The van der Waals surface area contributed by atoms with Gasteiger partial charge in [-0.25, -0.2) is 13.8 Å². The van der Waals surface area contributed by atoms with Gasteiger partial charge in [0.25, 0.3) is 11.5 Å². The average Bonchev–Trinajstić information content (AvgIpc) is 3.17. The number of aromatic nitrogens is 3. The first-order valence-corrected chi connectivity index (χ1v) is 9.74. The summed E-state index contributed by atoms with van der Waals surface area (Å²) in [5.41, 5.74) is 1.18. The Morgan fingerprint density at radius 1 is 1.19 bits per heavy atom. The van der Waals surface area contributed by atoms with Crippen molar-refractivity contribution in [2.45, 2.75) is 12.6 Å². The summed E-state index contributed by atoms with van der Waals surface area (Å²) in [4.78, 5) is 36.8. The number of nitrogens with one attached hydrogen (secondary N) is 2. The maximum absolute atomic E-state index is 14.0. The van der Waals surface area contributed by atoms with Gasteiger partial charge in [0.05, 0.1) is 29.7 Å². The second-order valence-electron chi connectivity index (χ2n) is 7.38. The molecule has 1 aromatic carbocycles. The first-order chi connectivity index (χ1) is 14.8. The van der Waals surface area contributed by atoms with E-state index >= 15 is 0 Å². The molecule has 4 heterocycles. The number of likely N-dealkylation sites (N-methyl/N-ethyl adjacent to an activating group) is 1. The van der Waals surface area contributed by atoms with Crippen LogP contribution in [0.25, 0.3) is 21.8 Å². The molecule has 31 heavy (non-hydrogen) atoms. The van der Waals surface area contributed by atoms with Crippen LogP contribution in [0.1, 0.15) is 27.8 Å². The van der Waals surface area contributed by atoms with Crippen LogP contribution in [0, 0.1) is 11.6 Å². The molecule has 1 aliphatic heterocycles. The molecule has 158 valence electrons. The van der Waals surface area contributed by atoms with E-state index in [2.05, 4.69) is 15.0 Å². The second kappa shape index (κ2) is 7.14. The third-order valence-corrected chi connectivity index (χ3v) is 5.70. The summed E-state index contributed by atoms with van der Waals surface area (Å²) in [6.45, 7) is 0.215. The topological polar surface area (TPSA) is 91.1 Å². The van der Waals surface area contributed by atoms with Crippen LogP contribution in [0.3, 0.4) is 0 Å². The Labute approximate surface area is 178 Å². The van der Waals surface area contributed by atoms with Crippen LogP contribution in [0.2, 0.25) is 5.02 Å². The molecule has 3 aromatic heterocycles. The molecule has 0 saturated heterocycles. The lowest BCUT2D eigenvalue weighted by Crippen LogP contribution is -2.37. The molecule has 7 nitrogen and oxygen atoms in total. The minimum atomic E-state index is -1.12. The number of fused-ring (bicyclic) bond motifs is 4. The number of aromatic amines is 2. The SMILES string of the molecule is CN(C(=O)c1cc2cc(Cl)cnc2[nH]1)[C@@H]1COCc2[nH]c(=O)c3cc(F)c(F)cc3c21. The van der Waals surface area contributed by atoms with Crippen molar-refractivity contribution in [2.24, 2.45) is 0 Å².